The molecule has 1 fully saturated rings. The van der Waals surface area contributed by atoms with Gasteiger partial charge in [0, 0.05) is 5.92 Å². The summed E-state index contributed by atoms with van der Waals surface area (Å²) in [6, 6.07) is 7.87. The number of aliphatic carboxylic acids is 1. The minimum absolute atomic E-state index is 0.00557. The quantitative estimate of drug-likeness (QED) is 0.848. The third-order valence-corrected chi connectivity index (χ3v) is 5.16. The van der Waals surface area contributed by atoms with Crippen LogP contribution in [0.3, 0.4) is 0 Å². The largest absolute Gasteiger partial charge is 0.480 e. The Morgan fingerprint density at radius 2 is 2.00 bits per heavy atom. The van der Waals surface area contributed by atoms with Crippen molar-refractivity contribution in [2.45, 2.75) is 64.3 Å². The van der Waals surface area contributed by atoms with Gasteiger partial charge in [-0.05, 0) is 43.7 Å². The Morgan fingerprint density at radius 1 is 1.26 bits per heavy atom. The molecule has 0 radical (unpaired) electrons. The molecule has 2 aromatic rings. The zero-order valence-corrected chi connectivity index (χ0v) is 13.9. The number of rotatable bonds is 6. The van der Waals surface area contributed by atoms with Crippen molar-refractivity contribution >= 4 is 17.0 Å². The van der Waals surface area contributed by atoms with E-state index in [1.165, 1.54) is 32.1 Å². The van der Waals surface area contributed by atoms with Gasteiger partial charge in [-0.2, -0.15) is 0 Å². The normalized spacial score (nSPS) is 21.6. The van der Waals surface area contributed by atoms with Crippen LogP contribution in [-0.2, 0) is 11.3 Å². The van der Waals surface area contributed by atoms with Gasteiger partial charge in [0.2, 0.25) is 0 Å². The fourth-order valence-corrected chi connectivity index (χ4v) is 3.91. The van der Waals surface area contributed by atoms with Crippen molar-refractivity contribution in [3.8, 4) is 0 Å². The van der Waals surface area contributed by atoms with Gasteiger partial charge < -0.3 is 9.67 Å². The van der Waals surface area contributed by atoms with Crippen molar-refractivity contribution in [2.75, 3.05) is 0 Å². The molecule has 0 saturated heterocycles. The lowest BCUT2D eigenvalue weighted by atomic mass is 9.79. The molecule has 3 rings (SSSR count). The van der Waals surface area contributed by atoms with E-state index in [0.29, 0.717) is 5.92 Å². The zero-order chi connectivity index (χ0) is 16.2. The molecule has 1 aliphatic rings. The highest BCUT2D eigenvalue weighted by Crippen LogP contribution is 2.38. The number of aromatic nitrogens is 2. The first kappa shape index (κ1) is 16.0. The summed E-state index contributed by atoms with van der Waals surface area (Å²) < 4.78 is 1.91. The molecular formula is C19H26N2O2. The van der Waals surface area contributed by atoms with Gasteiger partial charge in [-0.25, -0.2) is 4.98 Å². The van der Waals surface area contributed by atoms with Crippen LogP contribution in [0.2, 0.25) is 0 Å². The van der Waals surface area contributed by atoms with Crippen molar-refractivity contribution in [1.82, 2.24) is 9.55 Å². The maximum absolute atomic E-state index is 11.3. The molecular weight excluding hydrogens is 288 g/mol. The van der Waals surface area contributed by atoms with E-state index >= 15 is 0 Å². The summed E-state index contributed by atoms with van der Waals surface area (Å²) in [6.07, 6.45) is 8.71. The van der Waals surface area contributed by atoms with Crippen LogP contribution in [0.4, 0.5) is 0 Å². The predicted molar refractivity (Wildman–Crippen MR) is 91.6 cm³/mol. The minimum atomic E-state index is -0.800. The Balaban J connectivity index is 1.81. The second-order valence-corrected chi connectivity index (χ2v) is 6.80. The lowest BCUT2D eigenvalue weighted by molar-refractivity contribution is -0.137. The molecule has 0 spiro atoms. The molecule has 0 atom stereocenters. The fourth-order valence-electron chi connectivity index (χ4n) is 3.91. The average molecular weight is 314 g/mol. The van der Waals surface area contributed by atoms with E-state index in [1.54, 1.807) is 0 Å². The molecule has 1 aliphatic carbocycles. The molecule has 0 amide bonds. The van der Waals surface area contributed by atoms with E-state index in [-0.39, 0.29) is 6.54 Å². The van der Waals surface area contributed by atoms with Crippen LogP contribution >= 0.6 is 0 Å². The van der Waals surface area contributed by atoms with Crippen molar-refractivity contribution in [3.05, 3.63) is 30.1 Å². The van der Waals surface area contributed by atoms with Crippen LogP contribution in [0.5, 0.6) is 0 Å². The summed E-state index contributed by atoms with van der Waals surface area (Å²) in [6.45, 7) is 2.26. The van der Waals surface area contributed by atoms with Crippen LogP contribution in [0, 0.1) is 5.92 Å². The Labute approximate surface area is 137 Å². The minimum Gasteiger partial charge on any atom is -0.480 e. The van der Waals surface area contributed by atoms with Crippen LogP contribution < -0.4 is 0 Å². The van der Waals surface area contributed by atoms with Crippen LogP contribution in [0.15, 0.2) is 24.3 Å². The van der Waals surface area contributed by atoms with Gasteiger partial charge in [0.15, 0.2) is 0 Å². The Kier molecular flexibility index (Phi) is 4.99. The molecule has 0 bridgehead atoms. The first-order valence-electron chi connectivity index (χ1n) is 8.86. The number of carboxylic acid groups (broad SMARTS) is 1. The number of carboxylic acids is 1. The molecule has 0 aliphatic heterocycles. The fraction of sp³-hybridized carbons (Fsp3) is 0.579. The summed E-state index contributed by atoms with van der Waals surface area (Å²) in [5, 5.41) is 9.26. The Bertz CT molecular complexity index is 669. The average Bonchev–Trinajstić information content (AvgIpc) is 2.92. The number of hydrogen-bond acceptors (Lipinski definition) is 2. The van der Waals surface area contributed by atoms with Crippen LogP contribution in [0.1, 0.15) is 63.6 Å². The maximum atomic E-state index is 11.3. The van der Waals surface area contributed by atoms with Gasteiger partial charge in [0.25, 0.3) is 0 Å². The molecule has 1 aromatic heterocycles. The Hall–Kier alpha value is -1.84. The lowest BCUT2D eigenvalue weighted by Crippen LogP contribution is -2.19. The molecule has 124 valence electrons. The predicted octanol–water partition coefficient (Wildman–Crippen LogP) is 4.58. The van der Waals surface area contributed by atoms with Crippen molar-refractivity contribution in [1.29, 1.82) is 0 Å². The standard InChI is InChI=1S/C19H26N2O2/c1-2-3-6-14-9-11-15(12-10-14)19-20-16-7-4-5-8-17(16)21(19)13-18(22)23/h4-5,7-8,14-15H,2-3,6,9-13H2,1H3,(H,22,23). The Morgan fingerprint density at radius 3 is 2.70 bits per heavy atom. The first-order valence-corrected chi connectivity index (χ1v) is 8.86. The molecule has 1 aromatic carbocycles. The summed E-state index contributed by atoms with van der Waals surface area (Å²) in [5.74, 6) is 1.43. The van der Waals surface area contributed by atoms with Gasteiger partial charge in [-0.3, -0.25) is 4.79 Å². The molecule has 1 N–H and O–H groups in total. The summed E-state index contributed by atoms with van der Waals surface area (Å²) in [4.78, 5) is 16.0. The van der Waals surface area contributed by atoms with Crippen molar-refractivity contribution < 1.29 is 9.90 Å². The first-order chi connectivity index (χ1) is 11.2. The van der Waals surface area contributed by atoms with Crippen molar-refractivity contribution in [3.63, 3.8) is 0 Å². The monoisotopic (exact) mass is 314 g/mol. The van der Waals surface area contributed by atoms with E-state index in [9.17, 15) is 9.90 Å². The number of fused-ring (bicyclic) bond motifs is 1. The molecule has 23 heavy (non-hydrogen) atoms. The van der Waals surface area contributed by atoms with Crippen LogP contribution in [-0.4, -0.2) is 20.6 Å². The number of hydrogen-bond donors (Lipinski definition) is 1. The summed E-state index contributed by atoms with van der Waals surface area (Å²) in [7, 11) is 0. The van der Waals surface area contributed by atoms with E-state index in [2.05, 4.69) is 6.92 Å². The number of imidazole rings is 1. The number of para-hydroxylation sites is 2. The smallest absolute Gasteiger partial charge is 0.323 e. The molecule has 1 saturated carbocycles. The number of unbranched alkanes of at least 4 members (excludes halogenated alkanes) is 1. The number of nitrogens with zero attached hydrogens (tertiary/aromatic N) is 2. The summed E-state index contributed by atoms with van der Waals surface area (Å²) in [5.41, 5.74) is 1.86. The van der Waals surface area contributed by atoms with E-state index in [0.717, 1.165) is 35.6 Å². The SMILES string of the molecule is CCCCC1CCC(c2nc3ccccc3n2CC(=O)O)CC1. The van der Waals surface area contributed by atoms with Gasteiger partial charge in [0.1, 0.15) is 12.4 Å². The van der Waals surface area contributed by atoms with Crippen LogP contribution in [0.25, 0.3) is 11.0 Å². The third-order valence-electron chi connectivity index (χ3n) is 5.16. The topological polar surface area (TPSA) is 55.1 Å². The highest BCUT2D eigenvalue weighted by Gasteiger charge is 2.26. The second kappa shape index (κ2) is 7.16. The third kappa shape index (κ3) is 3.57. The molecule has 4 nitrogen and oxygen atoms in total. The maximum Gasteiger partial charge on any atom is 0.323 e. The lowest BCUT2D eigenvalue weighted by Gasteiger charge is -2.28. The zero-order valence-electron chi connectivity index (χ0n) is 13.9. The second-order valence-electron chi connectivity index (χ2n) is 6.80. The van der Waals surface area contributed by atoms with E-state index in [1.807, 2.05) is 28.8 Å². The van der Waals surface area contributed by atoms with Crippen molar-refractivity contribution in [2.24, 2.45) is 5.92 Å². The van der Waals surface area contributed by atoms with Gasteiger partial charge in [-0.15, -0.1) is 0 Å². The number of benzene rings is 1. The van der Waals surface area contributed by atoms with Gasteiger partial charge in [-0.1, -0.05) is 38.3 Å². The molecule has 4 heteroatoms. The highest BCUT2D eigenvalue weighted by atomic mass is 16.4. The van der Waals surface area contributed by atoms with E-state index in [4.69, 9.17) is 4.98 Å². The van der Waals surface area contributed by atoms with Gasteiger partial charge >= 0.3 is 5.97 Å². The summed E-state index contributed by atoms with van der Waals surface area (Å²) >= 11 is 0. The molecule has 1 heterocycles. The number of carbonyl (C=O) groups is 1. The highest BCUT2D eigenvalue weighted by molar-refractivity contribution is 5.78. The van der Waals surface area contributed by atoms with E-state index < -0.39 is 5.97 Å². The molecule has 0 unspecified atom stereocenters. The van der Waals surface area contributed by atoms with Gasteiger partial charge in [0.05, 0.1) is 11.0 Å².